The first kappa shape index (κ1) is 13.2. The van der Waals surface area contributed by atoms with Crippen molar-refractivity contribution in [3.63, 3.8) is 0 Å². The largest absolute Gasteiger partial charge is 0.405 e. The predicted molar refractivity (Wildman–Crippen MR) is 77.7 cm³/mol. The standard InChI is InChI=1S/C12H14BrNOS/c1-3-9-10(7-8-14)11(13)5-6-12(9)16(15)4-2/h3-8,15H,1,14H2,2H3/b8-7-. The highest BCUT2D eigenvalue weighted by Crippen LogP contribution is 2.33. The maximum absolute atomic E-state index is 9.88. The summed E-state index contributed by atoms with van der Waals surface area (Å²) < 4.78 is 10.8. The summed E-state index contributed by atoms with van der Waals surface area (Å²) in [5.74, 6) is 0. The quantitative estimate of drug-likeness (QED) is 0.830. The molecule has 2 nitrogen and oxygen atoms in total. The van der Waals surface area contributed by atoms with E-state index in [-0.39, 0.29) is 0 Å². The molecule has 16 heavy (non-hydrogen) atoms. The van der Waals surface area contributed by atoms with Gasteiger partial charge in [0.1, 0.15) is 0 Å². The SMILES string of the molecule is C=Cc1c(/S(O)=C\C)ccc(Br)c1/C=C\N. The van der Waals surface area contributed by atoms with Crippen molar-refractivity contribution in [1.29, 1.82) is 0 Å². The second-order valence-corrected chi connectivity index (χ2v) is 5.38. The Labute approximate surface area is 107 Å². The smallest absolute Gasteiger partial charge is 0.0346 e. The Kier molecular flexibility index (Phi) is 4.99. The Morgan fingerprint density at radius 1 is 1.44 bits per heavy atom. The molecule has 4 heteroatoms. The van der Waals surface area contributed by atoms with Crippen molar-refractivity contribution in [3.8, 4) is 0 Å². The summed E-state index contributed by atoms with van der Waals surface area (Å²) in [6.45, 7) is 5.61. The van der Waals surface area contributed by atoms with Gasteiger partial charge in [-0.2, -0.15) is 0 Å². The van der Waals surface area contributed by atoms with E-state index in [4.69, 9.17) is 5.73 Å². The Morgan fingerprint density at radius 3 is 2.62 bits per heavy atom. The minimum atomic E-state index is -0.866. The van der Waals surface area contributed by atoms with Crippen molar-refractivity contribution in [2.75, 3.05) is 0 Å². The molecule has 0 fully saturated rings. The van der Waals surface area contributed by atoms with Crippen LogP contribution < -0.4 is 5.73 Å². The van der Waals surface area contributed by atoms with Gasteiger partial charge >= 0.3 is 0 Å². The molecular weight excluding hydrogens is 286 g/mol. The van der Waals surface area contributed by atoms with E-state index in [2.05, 4.69) is 22.5 Å². The number of hydrogen-bond donors (Lipinski definition) is 2. The number of hydrogen-bond acceptors (Lipinski definition) is 2. The maximum atomic E-state index is 9.88. The molecule has 0 aliphatic rings. The molecule has 3 N–H and O–H groups in total. The van der Waals surface area contributed by atoms with Crippen molar-refractivity contribution in [2.24, 2.45) is 5.73 Å². The van der Waals surface area contributed by atoms with Gasteiger partial charge in [0, 0.05) is 9.37 Å². The lowest BCUT2D eigenvalue weighted by molar-refractivity contribution is 0.660. The first-order valence-corrected chi connectivity index (χ1v) is 6.74. The summed E-state index contributed by atoms with van der Waals surface area (Å²) >= 11 is 3.45. The van der Waals surface area contributed by atoms with Crippen LogP contribution in [0.1, 0.15) is 18.1 Å². The molecule has 0 bridgehead atoms. The Balaban J connectivity index is 3.54. The van der Waals surface area contributed by atoms with E-state index in [9.17, 15) is 4.55 Å². The van der Waals surface area contributed by atoms with Crippen LogP contribution in [0.25, 0.3) is 12.2 Å². The monoisotopic (exact) mass is 299 g/mol. The van der Waals surface area contributed by atoms with Gasteiger partial charge in [-0.3, -0.25) is 0 Å². The fraction of sp³-hybridized carbons (Fsp3) is 0.0833. The van der Waals surface area contributed by atoms with Crippen LogP contribution >= 0.6 is 26.7 Å². The van der Waals surface area contributed by atoms with Crippen LogP contribution in [0, 0.1) is 0 Å². The summed E-state index contributed by atoms with van der Waals surface area (Å²) in [5, 5.41) is 1.76. The van der Waals surface area contributed by atoms with Crippen LogP contribution in [0.5, 0.6) is 0 Å². The zero-order valence-corrected chi connectivity index (χ0v) is 11.4. The van der Waals surface area contributed by atoms with Crippen LogP contribution in [0.4, 0.5) is 0 Å². The molecule has 1 rings (SSSR count). The Hall–Kier alpha value is -0.840. The highest BCUT2D eigenvalue weighted by atomic mass is 79.9. The summed E-state index contributed by atoms with van der Waals surface area (Å²) in [5.41, 5.74) is 7.24. The number of benzene rings is 1. The highest BCUT2D eigenvalue weighted by molar-refractivity contribution is 9.10. The number of halogens is 1. The molecule has 0 saturated carbocycles. The van der Waals surface area contributed by atoms with Crippen molar-refractivity contribution >= 4 is 44.2 Å². The van der Waals surface area contributed by atoms with Crippen molar-refractivity contribution in [3.05, 3.63) is 40.5 Å². The van der Waals surface area contributed by atoms with E-state index in [0.717, 1.165) is 20.5 Å². The van der Waals surface area contributed by atoms with Gasteiger partial charge in [0.05, 0.1) is 0 Å². The van der Waals surface area contributed by atoms with E-state index >= 15 is 0 Å². The molecule has 0 aromatic heterocycles. The van der Waals surface area contributed by atoms with Gasteiger partial charge in [-0.15, -0.1) is 0 Å². The predicted octanol–water partition coefficient (Wildman–Crippen LogP) is 3.94. The summed E-state index contributed by atoms with van der Waals surface area (Å²) in [6, 6.07) is 3.79. The van der Waals surface area contributed by atoms with Crippen LogP contribution in [-0.4, -0.2) is 9.92 Å². The molecular formula is C12H14BrNOS. The fourth-order valence-electron chi connectivity index (χ4n) is 1.38. The minimum absolute atomic E-state index is 0.855. The molecule has 0 saturated heterocycles. The second kappa shape index (κ2) is 6.03. The van der Waals surface area contributed by atoms with E-state index in [1.54, 1.807) is 17.5 Å². The normalized spacial score (nSPS) is 13.2. The molecule has 0 heterocycles. The molecule has 0 aliphatic carbocycles. The third kappa shape index (κ3) is 2.64. The molecule has 1 atom stereocenters. The first-order chi connectivity index (χ1) is 7.65. The van der Waals surface area contributed by atoms with Crippen LogP contribution in [0.3, 0.4) is 0 Å². The molecule has 0 aliphatic heterocycles. The van der Waals surface area contributed by atoms with Gasteiger partial charge in [0.2, 0.25) is 0 Å². The molecule has 86 valence electrons. The lowest BCUT2D eigenvalue weighted by Crippen LogP contribution is -1.90. The van der Waals surface area contributed by atoms with Crippen molar-refractivity contribution in [1.82, 2.24) is 0 Å². The van der Waals surface area contributed by atoms with E-state index in [0.29, 0.717) is 0 Å². The van der Waals surface area contributed by atoms with Crippen LogP contribution in [-0.2, 0) is 0 Å². The van der Waals surface area contributed by atoms with E-state index in [1.165, 1.54) is 6.20 Å². The Bertz CT molecular complexity index is 466. The molecule has 1 unspecified atom stereocenters. The lowest BCUT2D eigenvalue weighted by atomic mass is 10.1. The zero-order chi connectivity index (χ0) is 12.1. The number of rotatable bonds is 3. The van der Waals surface area contributed by atoms with Crippen molar-refractivity contribution < 1.29 is 4.55 Å². The average molecular weight is 300 g/mol. The maximum Gasteiger partial charge on any atom is 0.0346 e. The molecule has 0 radical (unpaired) electrons. The van der Waals surface area contributed by atoms with E-state index in [1.807, 2.05) is 19.1 Å². The summed E-state index contributed by atoms with van der Waals surface area (Å²) in [7, 11) is -0.866. The van der Waals surface area contributed by atoms with Crippen LogP contribution in [0.2, 0.25) is 0 Å². The topological polar surface area (TPSA) is 46.2 Å². The van der Waals surface area contributed by atoms with Gasteiger partial charge in [0.25, 0.3) is 0 Å². The summed E-state index contributed by atoms with van der Waals surface area (Å²) in [4.78, 5) is 0.855. The third-order valence-electron chi connectivity index (χ3n) is 2.11. The third-order valence-corrected chi connectivity index (χ3v) is 4.05. The fourth-order valence-corrected chi connectivity index (χ4v) is 2.73. The van der Waals surface area contributed by atoms with Gasteiger partial charge in [-0.05, 0) is 58.6 Å². The van der Waals surface area contributed by atoms with Gasteiger partial charge in [-0.25, -0.2) is 0 Å². The van der Waals surface area contributed by atoms with Crippen molar-refractivity contribution in [2.45, 2.75) is 11.8 Å². The lowest BCUT2D eigenvalue weighted by Gasteiger charge is -2.11. The minimum Gasteiger partial charge on any atom is -0.405 e. The van der Waals surface area contributed by atoms with Crippen LogP contribution in [0.15, 0.2) is 34.3 Å². The van der Waals surface area contributed by atoms with Gasteiger partial charge < -0.3 is 10.3 Å². The second-order valence-electron chi connectivity index (χ2n) is 2.99. The molecule has 1 aromatic rings. The zero-order valence-electron chi connectivity index (χ0n) is 8.98. The first-order valence-electron chi connectivity index (χ1n) is 4.70. The average Bonchev–Trinajstić information content (AvgIpc) is 2.30. The van der Waals surface area contributed by atoms with Gasteiger partial charge in [0.15, 0.2) is 0 Å². The molecule has 0 amide bonds. The molecule has 1 aromatic carbocycles. The Morgan fingerprint density at radius 2 is 2.12 bits per heavy atom. The van der Waals surface area contributed by atoms with Gasteiger partial charge in [-0.1, -0.05) is 28.6 Å². The number of nitrogens with two attached hydrogens (primary N) is 1. The highest BCUT2D eigenvalue weighted by Gasteiger charge is 2.08. The van der Waals surface area contributed by atoms with E-state index < -0.39 is 10.8 Å². The molecule has 0 spiro atoms. The summed E-state index contributed by atoms with van der Waals surface area (Å²) in [6.07, 6.45) is 4.99.